The fraction of sp³-hybridized carbons (Fsp3) is 0.208. The summed E-state index contributed by atoms with van der Waals surface area (Å²) >= 11 is 0. The smallest absolute Gasteiger partial charge is 0.153 e. The predicted octanol–water partition coefficient (Wildman–Crippen LogP) is 5.61. The van der Waals surface area contributed by atoms with E-state index in [2.05, 4.69) is 6.92 Å². The van der Waals surface area contributed by atoms with Gasteiger partial charge in [0.2, 0.25) is 0 Å². The monoisotopic (exact) mass is 360 g/mol. The molecular weight excluding hydrogens is 336 g/mol. The highest BCUT2D eigenvalue weighted by Gasteiger charge is 2.12. The van der Waals surface area contributed by atoms with Crippen LogP contribution < -0.4 is 9.47 Å². The number of hydrogen-bond donors (Lipinski definition) is 0. The molecule has 0 aliphatic carbocycles. The lowest BCUT2D eigenvalue weighted by molar-refractivity contribution is 0.111. The van der Waals surface area contributed by atoms with Crippen molar-refractivity contribution in [1.29, 1.82) is 0 Å². The van der Waals surface area contributed by atoms with Gasteiger partial charge >= 0.3 is 0 Å². The number of aldehydes is 1. The van der Waals surface area contributed by atoms with Crippen LogP contribution in [0.4, 0.5) is 0 Å². The van der Waals surface area contributed by atoms with Crippen molar-refractivity contribution in [2.45, 2.75) is 33.0 Å². The summed E-state index contributed by atoms with van der Waals surface area (Å²) < 4.78 is 12.0. The molecule has 3 rings (SSSR count). The molecule has 0 aromatic heterocycles. The molecule has 3 heteroatoms. The van der Waals surface area contributed by atoms with Crippen molar-refractivity contribution < 1.29 is 14.3 Å². The molecule has 0 atom stereocenters. The van der Waals surface area contributed by atoms with Crippen molar-refractivity contribution in [3.63, 3.8) is 0 Å². The number of hydrogen-bond acceptors (Lipinski definition) is 3. The Kier molecular flexibility index (Phi) is 6.64. The van der Waals surface area contributed by atoms with Gasteiger partial charge in [0, 0.05) is 6.07 Å². The van der Waals surface area contributed by atoms with Crippen molar-refractivity contribution in [2.24, 2.45) is 0 Å². The summed E-state index contributed by atoms with van der Waals surface area (Å²) in [6, 6.07) is 23.7. The lowest BCUT2D eigenvalue weighted by atomic mass is 10.0. The number of rotatable bonds is 9. The molecule has 0 saturated carbocycles. The largest absolute Gasteiger partial charge is 0.488 e. The molecule has 3 aromatic rings. The van der Waals surface area contributed by atoms with Crippen LogP contribution in [0.3, 0.4) is 0 Å². The molecule has 138 valence electrons. The average molecular weight is 360 g/mol. The molecule has 27 heavy (non-hydrogen) atoms. The van der Waals surface area contributed by atoms with E-state index in [0.717, 1.165) is 41.6 Å². The van der Waals surface area contributed by atoms with Crippen LogP contribution >= 0.6 is 0 Å². The van der Waals surface area contributed by atoms with Gasteiger partial charge in [0.05, 0.1) is 5.56 Å². The number of carbonyl (C=O) groups is 1. The van der Waals surface area contributed by atoms with Crippen molar-refractivity contribution >= 4 is 6.29 Å². The zero-order valence-corrected chi connectivity index (χ0v) is 15.6. The normalized spacial score (nSPS) is 10.4. The minimum absolute atomic E-state index is 0.410. The number of ether oxygens (including phenoxy) is 2. The molecule has 0 aliphatic heterocycles. The van der Waals surface area contributed by atoms with Gasteiger partial charge in [-0.1, -0.05) is 74.0 Å². The molecule has 0 unspecified atom stereocenters. The zero-order valence-electron chi connectivity index (χ0n) is 15.6. The van der Waals surface area contributed by atoms with E-state index in [-0.39, 0.29) is 0 Å². The van der Waals surface area contributed by atoms with Gasteiger partial charge in [-0.2, -0.15) is 0 Å². The third kappa shape index (κ3) is 5.20. The predicted molar refractivity (Wildman–Crippen MR) is 107 cm³/mol. The molecule has 0 radical (unpaired) electrons. The third-order valence-electron chi connectivity index (χ3n) is 4.31. The molecule has 0 spiro atoms. The van der Waals surface area contributed by atoms with Crippen molar-refractivity contribution in [2.75, 3.05) is 0 Å². The van der Waals surface area contributed by atoms with Crippen molar-refractivity contribution in [3.8, 4) is 11.5 Å². The van der Waals surface area contributed by atoms with Crippen LogP contribution in [0.15, 0.2) is 72.8 Å². The van der Waals surface area contributed by atoms with E-state index in [9.17, 15) is 4.79 Å². The first kappa shape index (κ1) is 18.7. The van der Waals surface area contributed by atoms with Crippen LogP contribution in [-0.2, 0) is 19.6 Å². The van der Waals surface area contributed by atoms with Gasteiger partial charge in [0.1, 0.15) is 24.7 Å². The summed E-state index contributed by atoms with van der Waals surface area (Å²) in [5, 5.41) is 0. The molecule has 0 N–H and O–H groups in total. The average Bonchev–Trinajstić information content (AvgIpc) is 2.73. The second-order valence-electron chi connectivity index (χ2n) is 6.41. The second-order valence-corrected chi connectivity index (χ2v) is 6.41. The summed E-state index contributed by atoms with van der Waals surface area (Å²) in [5.74, 6) is 1.33. The number of carbonyl (C=O) groups excluding carboxylic acids is 1. The Hall–Kier alpha value is -3.07. The SMILES string of the molecule is CCCc1cc(C=O)c(OCc2ccccc2)cc1OCc1ccccc1. The molecule has 0 heterocycles. The van der Waals surface area contributed by atoms with Crippen LogP contribution in [0.1, 0.15) is 40.4 Å². The Bertz CT molecular complexity index is 858. The second kappa shape index (κ2) is 9.58. The number of aryl methyl sites for hydroxylation is 1. The van der Waals surface area contributed by atoms with Gasteiger partial charge < -0.3 is 9.47 Å². The standard InChI is InChI=1S/C24H24O3/c1-2-9-21-14-22(16-25)24(27-18-20-12-7-4-8-13-20)15-23(21)26-17-19-10-5-3-6-11-19/h3-8,10-16H,2,9,17-18H2,1H3. The molecular formula is C24H24O3. The van der Waals surface area contributed by atoms with Gasteiger partial charge in [-0.15, -0.1) is 0 Å². The number of benzene rings is 3. The molecule has 0 bridgehead atoms. The third-order valence-corrected chi connectivity index (χ3v) is 4.31. The molecule has 0 fully saturated rings. The van der Waals surface area contributed by atoms with Gasteiger partial charge in [-0.25, -0.2) is 0 Å². The Morgan fingerprint density at radius 3 is 1.85 bits per heavy atom. The van der Waals surface area contributed by atoms with E-state index >= 15 is 0 Å². The summed E-state index contributed by atoms with van der Waals surface area (Å²) in [6.45, 7) is 3.00. The maximum atomic E-state index is 11.6. The van der Waals surface area contributed by atoms with E-state index in [4.69, 9.17) is 9.47 Å². The molecule has 3 nitrogen and oxygen atoms in total. The molecule has 0 aliphatic rings. The summed E-state index contributed by atoms with van der Waals surface area (Å²) in [4.78, 5) is 11.6. The van der Waals surface area contributed by atoms with Crippen LogP contribution in [0.25, 0.3) is 0 Å². The van der Waals surface area contributed by atoms with Gasteiger partial charge in [0.15, 0.2) is 6.29 Å². The van der Waals surface area contributed by atoms with Crippen LogP contribution in [0, 0.1) is 0 Å². The first-order valence-corrected chi connectivity index (χ1v) is 9.25. The quantitative estimate of drug-likeness (QED) is 0.465. The lowest BCUT2D eigenvalue weighted by Gasteiger charge is -2.16. The van der Waals surface area contributed by atoms with Crippen molar-refractivity contribution in [3.05, 3.63) is 95.1 Å². The van der Waals surface area contributed by atoms with Gasteiger partial charge in [0.25, 0.3) is 0 Å². The highest BCUT2D eigenvalue weighted by atomic mass is 16.5. The van der Waals surface area contributed by atoms with Gasteiger partial charge in [-0.3, -0.25) is 4.79 Å². The highest BCUT2D eigenvalue weighted by molar-refractivity contribution is 5.80. The van der Waals surface area contributed by atoms with E-state index in [1.54, 1.807) is 0 Å². The van der Waals surface area contributed by atoms with E-state index in [1.807, 2.05) is 72.8 Å². The Morgan fingerprint density at radius 1 is 0.778 bits per heavy atom. The fourth-order valence-electron chi connectivity index (χ4n) is 2.91. The molecule has 0 amide bonds. The highest BCUT2D eigenvalue weighted by Crippen LogP contribution is 2.31. The van der Waals surface area contributed by atoms with Crippen molar-refractivity contribution in [1.82, 2.24) is 0 Å². The van der Waals surface area contributed by atoms with Crippen LogP contribution in [-0.4, -0.2) is 6.29 Å². The zero-order chi connectivity index (χ0) is 18.9. The molecule has 0 saturated heterocycles. The first-order chi connectivity index (χ1) is 13.3. The van der Waals surface area contributed by atoms with Gasteiger partial charge in [-0.05, 0) is 29.2 Å². The fourth-order valence-corrected chi connectivity index (χ4v) is 2.91. The minimum Gasteiger partial charge on any atom is -0.488 e. The maximum Gasteiger partial charge on any atom is 0.153 e. The molecule has 3 aromatic carbocycles. The Labute approximate surface area is 160 Å². The first-order valence-electron chi connectivity index (χ1n) is 9.25. The summed E-state index contributed by atoms with van der Waals surface area (Å²) in [7, 11) is 0. The summed E-state index contributed by atoms with van der Waals surface area (Å²) in [5.41, 5.74) is 3.74. The summed E-state index contributed by atoms with van der Waals surface area (Å²) in [6.07, 6.45) is 2.68. The van der Waals surface area contributed by atoms with E-state index in [1.165, 1.54) is 0 Å². The minimum atomic E-state index is 0.410. The maximum absolute atomic E-state index is 11.6. The van der Waals surface area contributed by atoms with Crippen LogP contribution in [0.5, 0.6) is 11.5 Å². The Morgan fingerprint density at radius 2 is 1.33 bits per heavy atom. The van der Waals surface area contributed by atoms with E-state index < -0.39 is 0 Å². The topological polar surface area (TPSA) is 35.5 Å². The van der Waals surface area contributed by atoms with E-state index in [0.29, 0.717) is 24.5 Å². The lowest BCUT2D eigenvalue weighted by Crippen LogP contribution is -2.03. The Balaban J connectivity index is 1.82. The van der Waals surface area contributed by atoms with Crippen LogP contribution in [0.2, 0.25) is 0 Å².